The number of hydrazine groups is 1. The smallest absolute Gasteiger partial charge is 0.239 e. The van der Waals surface area contributed by atoms with Crippen LogP contribution in [0.4, 0.5) is 0 Å². The van der Waals surface area contributed by atoms with E-state index >= 15 is 0 Å². The summed E-state index contributed by atoms with van der Waals surface area (Å²) in [6.07, 6.45) is 9.19. The third kappa shape index (κ3) is 5.34. The van der Waals surface area contributed by atoms with Crippen LogP contribution in [0, 0.1) is 5.92 Å². The predicted molar refractivity (Wildman–Crippen MR) is 105 cm³/mol. The number of rotatable bonds is 5. The highest BCUT2D eigenvalue weighted by Gasteiger charge is 2.37. The number of halogens is 1. The van der Waals surface area contributed by atoms with Crippen LogP contribution in [-0.4, -0.2) is 66.7 Å². The van der Waals surface area contributed by atoms with E-state index in [4.69, 9.17) is 16.4 Å². The largest absolute Gasteiger partial charge is 0.349 e. The molecule has 1 amide bonds. The van der Waals surface area contributed by atoms with E-state index in [1.807, 2.05) is 0 Å². The van der Waals surface area contributed by atoms with Crippen molar-refractivity contribution in [3.8, 4) is 0 Å². The Bertz CT molecular complexity index is 504. The summed E-state index contributed by atoms with van der Waals surface area (Å²) < 4.78 is 0. The highest BCUT2D eigenvalue weighted by atomic mass is 35.5. The van der Waals surface area contributed by atoms with Crippen molar-refractivity contribution in [2.75, 3.05) is 26.2 Å². The second-order valence-corrected chi connectivity index (χ2v) is 9.34. The molecule has 4 fully saturated rings. The average molecular weight is 400 g/mol. The minimum Gasteiger partial charge on any atom is -0.349 e. The normalized spacial score (nSPS) is 40.9. The molecule has 7 nitrogen and oxygen atoms in total. The fourth-order valence-corrected chi connectivity index (χ4v) is 5.38. The van der Waals surface area contributed by atoms with Gasteiger partial charge >= 0.3 is 0 Å². The van der Waals surface area contributed by atoms with Crippen LogP contribution in [0.1, 0.15) is 51.4 Å². The molecule has 6 atom stereocenters. The van der Waals surface area contributed by atoms with E-state index in [9.17, 15) is 4.79 Å². The molecular weight excluding hydrogens is 366 g/mol. The van der Waals surface area contributed by atoms with Gasteiger partial charge in [0.1, 0.15) is 6.04 Å². The van der Waals surface area contributed by atoms with Crippen molar-refractivity contribution >= 4 is 17.5 Å². The van der Waals surface area contributed by atoms with Crippen LogP contribution in [0.15, 0.2) is 0 Å². The fraction of sp³-hybridized carbons (Fsp3) is 0.947. The molecular formula is C19H34ClN5O2. The van der Waals surface area contributed by atoms with Crippen LogP contribution >= 0.6 is 11.6 Å². The van der Waals surface area contributed by atoms with E-state index in [1.54, 1.807) is 0 Å². The van der Waals surface area contributed by atoms with Gasteiger partial charge < -0.3 is 10.6 Å². The van der Waals surface area contributed by atoms with E-state index < -0.39 is 0 Å². The maximum atomic E-state index is 12.6. The monoisotopic (exact) mass is 399 g/mol. The van der Waals surface area contributed by atoms with E-state index in [2.05, 4.69) is 26.5 Å². The first-order valence-electron chi connectivity index (χ1n) is 10.7. The maximum Gasteiger partial charge on any atom is 0.239 e. The number of hydrogen-bond donors (Lipinski definition) is 4. The van der Waals surface area contributed by atoms with Crippen LogP contribution in [0.3, 0.4) is 0 Å². The number of hydrogen-bond acceptors (Lipinski definition) is 6. The summed E-state index contributed by atoms with van der Waals surface area (Å²) in [6.45, 7) is 3.73. The second kappa shape index (κ2) is 9.37. The van der Waals surface area contributed by atoms with Crippen molar-refractivity contribution in [2.45, 2.75) is 81.0 Å². The predicted octanol–water partition coefficient (Wildman–Crippen LogP) is 0.893. The molecule has 6 unspecified atom stereocenters. The number of piperidine rings is 1. The molecule has 8 heteroatoms. The summed E-state index contributed by atoms with van der Waals surface area (Å²) in [6, 6.07) is 0.276. The minimum atomic E-state index is -0.247. The molecule has 4 aliphatic rings. The van der Waals surface area contributed by atoms with Gasteiger partial charge in [0.15, 0.2) is 0 Å². The van der Waals surface area contributed by atoms with Gasteiger partial charge in [0, 0.05) is 37.5 Å². The first-order chi connectivity index (χ1) is 13.2. The van der Waals surface area contributed by atoms with Gasteiger partial charge in [0.2, 0.25) is 5.91 Å². The first kappa shape index (κ1) is 19.9. The lowest BCUT2D eigenvalue weighted by Gasteiger charge is -2.29. The molecule has 0 spiro atoms. The number of nitrogens with one attached hydrogen (secondary N) is 4. The van der Waals surface area contributed by atoms with E-state index in [1.165, 1.54) is 25.7 Å². The number of nitrogens with zero attached hydrogens (tertiary/aromatic N) is 1. The Balaban J connectivity index is 1.18. The number of hydroxylamine groups is 1. The van der Waals surface area contributed by atoms with E-state index in [0.717, 1.165) is 51.9 Å². The number of alkyl halides is 1. The fourth-order valence-electron chi connectivity index (χ4n) is 4.98. The Morgan fingerprint density at radius 2 is 2.11 bits per heavy atom. The molecule has 0 aromatic rings. The topological polar surface area (TPSA) is 77.7 Å². The zero-order chi connectivity index (χ0) is 18.6. The van der Waals surface area contributed by atoms with E-state index in [-0.39, 0.29) is 24.1 Å². The molecule has 3 heterocycles. The molecule has 27 heavy (non-hydrogen) atoms. The van der Waals surface area contributed by atoms with Crippen LogP contribution < -0.4 is 21.5 Å². The highest BCUT2D eigenvalue weighted by Crippen LogP contribution is 2.28. The summed E-state index contributed by atoms with van der Waals surface area (Å²) in [4.78, 5) is 18.3. The van der Waals surface area contributed by atoms with Crippen LogP contribution in [0.25, 0.3) is 0 Å². The SMILES string of the molecule is O=C(NC1CNN(CC2CCCC(Cl)C2)C1)C1CC(C2CCCCN2)ON1. The quantitative estimate of drug-likeness (QED) is 0.514. The third-order valence-electron chi connectivity index (χ3n) is 6.49. The van der Waals surface area contributed by atoms with Crippen molar-refractivity contribution in [3.63, 3.8) is 0 Å². The molecule has 154 valence electrons. The number of carbonyl (C=O) groups is 1. The maximum absolute atomic E-state index is 12.6. The highest BCUT2D eigenvalue weighted by molar-refractivity contribution is 6.20. The zero-order valence-electron chi connectivity index (χ0n) is 16.1. The molecule has 0 radical (unpaired) electrons. The molecule has 4 rings (SSSR count). The second-order valence-electron chi connectivity index (χ2n) is 8.72. The summed E-state index contributed by atoms with van der Waals surface area (Å²) in [7, 11) is 0. The molecule has 0 aromatic carbocycles. The van der Waals surface area contributed by atoms with Gasteiger partial charge in [-0.05, 0) is 44.6 Å². The van der Waals surface area contributed by atoms with Crippen molar-refractivity contribution in [2.24, 2.45) is 5.92 Å². The van der Waals surface area contributed by atoms with Crippen molar-refractivity contribution in [1.82, 2.24) is 26.5 Å². The summed E-state index contributed by atoms with van der Waals surface area (Å²) in [5, 5.41) is 9.30. The summed E-state index contributed by atoms with van der Waals surface area (Å²) >= 11 is 6.32. The Morgan fingerprint density at radius 3 is 2.93 bits per heavy atom. The molecule has 3 aliphatic heterocycles. The van der Waals surface area contributed by atoms with Gasteiger partial charge in [-0.2, -0.15) is 5.48 Å². The molecule has 3 saturated heterocycles. The van der Waals surface area contributed by atoms with Gasteiger partial charge in [-0.1, -0.05) is 12.8 Å². The summed E-state index contributed by atoms with van der Waals surface area (Å²) in [5.41, 5.74) is 6.40. The lowest BCUT2D eigenvalue weighted by Crippen LogP contribution is -2.47. The minimum absolute atomic E-state index is 0.0560. The Labute approximate surface area is 167 Å². The third-order valence-corrected chi connectivity index (χ3v) is 6.89. The molecule has 0 bridgehead atoms. The van der Waals surface area contributed by atoms with Gasteiger partial charge in [-0.15, -0.1) is 11.6 Å². The number of carbonyl (C=O) groups excluding carboxylic acids is 1. The summed E-state index contributed by atoms with van der Waals surface area (Å²) in [5.74, 6) is 0.720. The Morgan fingerprint density at radius 1 is 1.19 bits per heavy atom. The molecule has 0 aromatic heterocycles. The van der Waals surface area contributed by atoms with Gasteiger partial charge in [0.05, 0.1) is 12.1 Å². The first-order valence-corrected chi connectivity index (χ1v) is 11.2. The van der Waals surface area contributed by atoms with Crippen LogP contribution in [0.2, 0.25) is 0 Å². The zero-order valence-corrected chi connectivity index (χ0v) is 16.8. The lowest BCUT2D eigenvalue weighted by molar-refractivity contribution is -0.125. The molecule has 4 N–H and O–H groups in total. The van der Waals surface area contributed by atoms with Crippen molar-refractivity contribution < 1.29 is 9.63 Å². The standard InChI is InChI=1S/C19H34ClN5O2/c20-14-5-3-4-13(8-14)11-25-12-15(10-22-25)23-19(26)17-9-18(27-24-17)16-6-1-2-7-21-16/h13-18,21-22,24H,1-12H2,(H,23,26). The van der Waals surface area contributed by atoms with Crippen molar-refractivity contribution in [3.05, 3.63) is 0 Å². The number of amides is 1. The lowest BCUT2D eigenvalue weighted by atomic mass is 9.89. The van der Waals surface area contributed by atoms with Gasteiger partial charge in [-0.25, -0.2) is 5.01 Å². The Hall–Kier alpha value is -0.440. The van der Waals surface area contributed by atoms with Gasteiger partial charge in [-0.3, -0.25) is 15.1 Å². The van der Waals surface area contributed by atoms with Crippen LogP contribution in [-0.2, 0) is 9.63 Å². The Kier molecular flexibility index (Phi) is 6.89. The molecule has 1 aliphatic carbocycles. The van der Waals surface area contributed by atoms with Gasteiger partial charge in [0.25, 0.3) is 0 Å². The molecule has 1 saturated carbocycles. The average Bonchev–Trinajstić information content (AvgIpc) is 3.32. The van der Waals surface area contributed by atoms with Crippen molar-refractivity contribution in [1.29, 1.82) is 0 Å². The van der Waals surface area contributed by atoms with Crippen LogP contribution in [0.5, 0.6) is 0 Å². The van der Waals surface area contributed by atoms with E-state index in [0.29, 0.717) is 17.3 Å².